The second kappa shape index (κ2) is 9.27. The third-order valence-corrected chi connectivity index (χ3v) is 3.20. The van der Waals surface area contributed by atoms with Crippen LogP contribution in [-0.2, 0) is 16.0 Å². The highest BCUT2D eigenvalue weighted by Crippen LogP contribution is 2.13. The van der Waals surface area contributed by atoms with Crippen molar-refractivity contribution in [1.82, 2.24) is 4.90 Å². The van der Waals surface area contributed by atoms with Crippen LogP contribution >= 0.6 is 0 Å². The SMILES string of the molecule is COCCN(Cc1ccc(F)cc1F)C[C@@H](O)COC(C)(C)C. The molecule has 0 bridgehead atoms. The molecule has 6 heteroatoms. The average Bonchev–Trinajstić information content (AvgIpc) is 2.44. The van der Waals surface area contributed by atoms with Crippen LogP contribution < -0.4 is 0 Å². The van der Waals surface area contributed by atoms with Gasteiger partial charge in [-0.15, -0.1) is 0 Å². The topological polar surface area (TPSA) is 41.9 Å². The minimum Gasteiger partial charge on any atom is -0.389 e. The van der Waals surface area contributed by atoms with Crippen molar-refractivity contribution in [3.8, 4) is 0 Å². The van der Waals surface area contributed by atoms with Gasteiger partial charge in [0, 0.05) is 38.4 Å². The number of methoxy groups -OCH3 is 1. The highest BCUT2D eigenvalue weighted by atomic mass is 19.1. The number of hydrogen-bond donors (Lipinski definition) is 1. The normalized spacial score (nSPS) is 13.6. The number of benzene rings is 1. The van der Waals surface area contributed by atoms with E-state index >= 15 is 0 Å². The van der Waals surface area contributed by atoms with E-state index in [1.165, 1.54) is 12.1 Å². The number of ether oxygens (including phenoxy) is 2. The van der Waals surface area contributed by atoms with Crippen molar-refractivity contribution >= 4 is 0 Å². The molecule has 0 saturated carbocycles. The summed E-state index contributed by atoms with van der Waals surface area (Å²) in [6.07, 6.45) is -0.699. The Hall–Kier alpha value is -1.08. The zero-order valence-electron chi connectivity index (χ0n) is 14.3. The standard InChI is InChI=1S/C17H27F2NO3/c1-17(2,3)23-12-15(21)11-20(7-8-22-4)10-13-5-6-14(18)9-16(13)19/h5-6,9,15,21H,7-8,10-12H2,1-4H3/t15-/m1/s1. The molecule has 1 rings (SSSR count). The van der Waals surface area contributed by atoms with E-state index in [9.17, 15) is 13.9 Å². The van der Waals surface area contributed by atoms with E-state index in [4.69, 9.17) is 9.47 Å². The van der Waals surface area contributed by atoms with Gasteiger partial charge in [0.05, 0.1) is 24.9 Å². The largest absolute Gasteiger partial charge is 0.389 e. The average molecular weight is 331 g/mol. The monoisotopic (exact) mass is 331 g/mol. The van der Waals surface area contributed by atoms with Crippen molar-refractivity contribution < 1.29 is 23.4 Å². The number of rotatable bonds is 9. The summed E-state index contributed by atoms with van der Waals surface area (Å²) in [4.78, 5) is 1.86. The van der Waals surface area contributed by atoms with Gasteiger partial charge in [-0.05, 0) is 26.8 Å². The smallest absolute Gasteiger partial charge is 0.130 e. The Bertz CT molecular complexity index is 477. The molecule has 0 spiro atoms. The second-order valence-electron chi connectivity index (χ2n) is 6.54. The van der Waals surface area contributed by atoms with E-state index in [1.807, 2.05) is 25.7 Å². The molecule has 23 heavy (non-hydrogen) atoms. The zero-order valence-corrected chi connectivity index (χ0v) is 14.3. The molecule has 0 radical (unpaired) electrons. The Morgan fingerprint density at radius 3 is 2.52 bits per heavy atom. The van der Waals surface area contributed by atoms with Crippen LogP contribution in [0.5, 0.6) is 0 Å². The van der Waals surface area contributed by atoms with Crippen molar-refractivity contribution in [3.05, 3.63) is 35.4 Å². The summed E-state index contributed by atoms with van der Waals surface area (Å²) in [5.41, 5.74) is 0.0490. The lowest BCUT2D eigenvalue weighted by molar-refractivity contribution is -0.0577. The van der Waals surface area contributed by atoms with Crippen LogP contribution in [-0.4, -0.2) is 55.1 Å². The number of nitrogens with zero attached hydrogens (tertiary/aromatic N) is 1. The summed E-state index contributed by atoms with van der Waals surface area (Å²) in [5, 5.41) is 10.1. The second-order valence-corrected chi connectivity index (χ2v) is 6.54. The zero-order chi connectivity index (χ0) is 17.5. The van der Waals surface area contributed by atoms with Crippen LogP contribution in [0.3, 0.4) is 0 Å². The van der Waals surface area contributed by atoms with Crippen LogP contribution in [0, 0.1) is 11.6 Å². The Labute approximate surface area is 137 Å². The molecule has 1 aromatic carbocycles. The first-order chi connectivity index (χ1) is 10.7. The molecular formula is C17H27F2NO3. The molecule has 4 nitrogen and oxygen atoms in total. The minimum atomic E-state index is -0.699. The molecule has 0 heterocycles. The van der Waals surface area contributed by atoms with E-state index in [-0.39, 0.29) is 18.8 Å². The third kappa shape index (κ3) is 8.37. The van der Waals surface area contributed by atoms with Gasteiger partial charge in [0.15, 0.2) is 0 Å². The Balaban J connectivity index is 2.64. The number of aliphatic hydroxyl groups excluding tert-OH is 1. The number of aliphatic hydroxyl groups is 1. The summed E-state index contributed by atoms with van der Waals surface area (Å²) in [6, 6.07) is 3.51. The van der Waals surface area contributed by atoms with Crippen molar-refractivity contribution in [2.75, 3.05) is 33.4 Å². The van der Waals surface area contributed by atoms with Crippen molar-refractivity contribution in [3.63, 3.8) is 0 Å². The molecule has 1 aromatic rings. The van der Waals surface area contributed by atoms with Gasteiger partial charge in [0.2, 0.25) is 0 Å². The van der Waals surface area contributed by atoms with Gasteiger partial charge in [0.25, 0.3) is 0 Å². The molecular weight excluding hydrogens is 304 g/mol. The summed E-state index contributed by atoms with van der Waals surface area (Å²) in [6.45, 7) is 7.50. The van der Waals surface area contributed by atoms with Gasteiger partial charge >= 0.3 is 0 Å². The van der Waals surface area contributed by atoms with Gasteiger partial charge in [0.1, 0.15) is 11.6 Å². The maximum Gasteiger partial charge on any atom is 0.130 e. The van der Waals surface area contributed by atoms with Crippen LogP contribution in [0.25, 0.3) is 0 Å². The number of halogens is 2. The molecule has 0 unspecified atom stereocenters. The molecule has 0 amide bonds. The van der Waals surface area contributed by atoms with Crippen molar-refractivity contribution in [2.24, 2.45) is 0 Å². The highest BCUT2D eigenvalue weighted by molar-refractivity contribution is 5.18. The first-order valence-electron chi connectivity index (χ1n) is 7.68. The fourth-order valence-corrected chi connectivity index (χ4v) is 2.04. The van der Waals surface area contributed by atoms with Crippen LogP contribution in [0.4, 0.5) is 8.78 Å². The van der Waals surface area contributed by atoms with Crippen LogP contribution in [0.1, 0.15) is 26.3 Å². The van der Waals surface area contributed by atoms with Gasteiger partial charge in [-0.1, -0.05) is 6.07 Å². The summed E-state index contributed by atoms with van der Waals surface area (Å²) >= 11 is 0. The predicted octanol–water partition coefficient (Wildman–Crippen LogP) is 2.59. The number of hydrogen-bond acceptors (Lipinski definition) is 4. The van der Waals surface area contributed by atoms with Gasteiger partial charge in [-0.25, -0.2) is 8.78 Å². The van der Waals surface area contributed by atoms with E-state index in [1.54, 1.807) is 7.11 Å². The molecule has 0 saturated heterocycles. The third-order valence-electron chi connectivity index (χ3n) is 3.20. The Morgan fingerprint density at radius 2 is 1.96 bits per heavy atom. The fourth-order valence-electron chi connectivity index (χ4n) is 2.04. The molecule has 0 aromatic heterocycles. The Morgan fingerprint density at radius 1 is 1.26 bits per heavy atom. The van der Waals surface area contributed by atoms with Crippen LogP contribution in [0.15, 0.2) is 18.2 Å². The molecule has 132 valence electrons. The van der Waals surface area contributed by atoms with Gasteiger partial charge in [-0.3, -0.25) is 4.90 Å². The molecule has 0 aliphatic carbocycles. The molecule has 1 N–H and O–H groups in total. The highest BCUT2D eigenvalue weighted by Gasteiger charge is 2.17. The summed E-state index contributed by atoms with van der Waals surface area (Å²) in [5.74, 6) is -1.19. The molecule has 0 aliphatic rings. The maximum absolute atomic E-state index is 13.8. The van der Waals surface area contributed by atoms with Crippen LogP contribution in [0.2, 0.25) is 0 Å². The summed E-state index contributed by atoms with van der Waals surface area (Å²) < 4.78 is 37.4. The lowest BCUT2D eigenvalue weighted by atomic mass is 10.1. The summed E-state index contributed by atoms with van der Waals surface area (Å²) in [7, 11) is 1.58. The van der Waals surface area contributed by atoms with E-state index in [0.717, 1.165) is 6.07 Å². The fraction of sp³-hybridized carbons (Fsp3) is 0.647. The predicted molar refractivity (Wildman–Crippen MR) is 85.2 cm³/mol. The van der Waals surface area contributed by atoms with Crippen molar-refractivity contribution in [1.29, 1.82) is 0 Å². The molecule has 0 fully saturated rings. The lowest BCUT2D eigenvalue weighted by Crippen LogP contribution is -2.38. The molecule has 0 aliphatic heterocycles. The maximum atomic E-state index is 13.8. The van der Waals surface area contributed by atoms with Gasteiger partial charge in [-0.2, -0.15) is 0 Å². The lowest BCUT2D eigenvalue weighted by Gasteiger charge is -2.27. The van der Waals surface area contributed by atoms with E-state index in [0.29, 0.717) is 25.3 Å². The van der Waals surface area contributed by atoms with Crippen molar-refractivity contribution in [2.45, 2.75) is 39.0 Å². The molecule has 1 atom stereocenters. The van der Waals surface area contributed by atoms with E-state index in [2.05, 4.69) is 0 Å². The quantitative estimate of drug-likeness (QED) is 0.755. The van der Waals surface area contributed by atoms with Gasteiger partial charge < -0.3 is 14.6 Å². The van der Waals surface area contributed by atoms with E-state index < -0.39 is 17.7 Å². The minimum absolute atomic E-state index is 0.193. The first kappa shape index (κ1) is 20.0. The first-order valence-corrected chi connectivity index (χ1v) is 7.68. The Kier molecular flexibility index (Phi) is 8.05.